The topological polar surface area (TPSA) is 55.1 Å². The van der Waals surface area contributed by atoms with Gasteiger partial charge in [0, 0.05) is 12.1 Å². The number of halogens is 2. The minimum absolute atomic E-state index is 0.0624. The van der Waals surface area contributed by atoms with Crippen molar-refractivity contribution in [2.24, 2.45) is 0 Å². The van der Waals surface area contributed by atoms with Crippen LogP contribution < -0.4 is 0 Å². The highest BCUT2D eigenvalue weighted by Crippen LogP contribution is 2.33. The predicted octanol–water partition coefficient (Wildman–Crippen LogP) is 4.48. The Morgan fingerprint density at radius 2 is 2.14 bits per heavy atom. The molecule has 0 bridgehead atoms. The standard InChI is InChI=1S/C14H16BrFN2O2S/c1-3-8(4-2)18-12-6-10(16)9(15)5-11(12)17-14(18)21-7-13(19)20/h5-6,8H,3-4,7H2,1-2H3,(H,19,20). The Kier molecular flexibility index (Phi) is 5.27. The van der Waals surface area contributed by atoms with Gasteiger partial charge in [-0.25, -0.2) is 9.37 Å². The molecule has 0 aliphatic heterocycles. The first-order valence-corrected chi connectivity index (χ1v) is 8.47. The Morgan fingerprint density at radius 3 is 2.71 bits per heavy atom. The van der Waals surface area contributed by atoms with E-state index in [2.05, 4.69) is 34.8 Å². The number of rotatable bonds is 6. The summed E-state index contributed by atoms with van der Waals surface area (Å²) in [6, 6.07) is 3.26. The predicted molar refractivity (Wildman–Crippen MR) is 85.4 cm³/mol. The van der Waals surface area contributed by atoms with Gasteiger partial charge in [-0.05, 0) is 34.8 Å². The summed E-state index contributed by atoms with van der Waals surface area (Å²) in [4.78, 5) is 15.3. The van der Waals surface area contributed by atoms with Crippen molar-refractivity contribution in [3.8, 4) is 0 Å². The van der Waals surface area contributed by atoms with Gasteiger partial charge in [0.15, 0.2) is 5.16 Å². The summed E-state index contributed by atoms with van der Waals surface area (Å²) in [6.07, 6.45) is 1.75. The SMILES string of the molecule is CCC(CC)n1c(SCC(=O)O)nc2cc(Br)c(F)cc21. The van der Waals surface area contributed by atoms with Gasteiger partial charge in [-0.15, -0.1) is 0 Å². The second-order valence-electron chi connectivity index (χ2n) is 4.67. The maximum absolute atomic E-state index is 13.8. The number of imidazole rings is 1. The number of aliphatic carboxylic acids is 1. The highest BCUT2D eigenvalue weighted by atomic mass is 79.9. The van der Waals surface area contributed by atoms with Crippen LogP contribution in [0.25, 0.3) is 11.0 Å². The molecule has 0 fully saturated rings. The van der Waals surface area contributed by atoms with Gasteiger partial charge < -0.3 is 9.67 Å². The fourth-order valence-corrected chi connectivity index (χ4v) is 3.44. The largest absolute Gasteiger partial charge is 0.481 e. The number of nitrogens with zero attached hydrogens (tertiary/aromatic N) is 2. The lowest BCUT2D eigenvalue weighted by molar-refractivity contribution is -0.133. The first-order chi connectivity index (χ1) is 9.97. The van der Waals surface area contributed by atoms with Crippen molar-refractivity contribution in [1.82, 2.24) is 9.55 Å². The zero-order valence-corrected chi connectivity index (χ0v) is 14.2. The van der Waals surface area contributed by atoms with Crippen molar-refractivity contribution in [2.45, 2.75) is 37.9 Å². The lowest BCUT2D eigenvalue weighted by Gasteiger charge is -2.18. The molecule has 1 aromatic carbocycles. The molecule has 0 radical (unpaired) electrons. The minimum atomic E-state index is -0.893. The number of carboxylic acid groups (broad SMARTS) is 1. The zero-order chi connectivity index (χ0) is 15.6. The second-order valence-corrected chi connectivity index (χ2v) is 6.47. The third kappa shape index (κ3) is 3.40. The van der Waals surface area contributed by atoms with Gasteiger partial charge in [-0.1, -0.05) is 25.6 Å². The summed E-state index contributed by atoms with van der Waals surface area (Å²) in [5.74, 6) is -1.30. The Balaban J connectivity index is 2.59. The molecular weight excluding hydrogens is 359 g/mol. The molecule has 114 valence electrons. The lowest BCUT2D eigenvalue weighted by atomic mass is 10.1. The van der Waals surface area contributed by atoms with E-state index in [1.165, 1.54) is 17.8 Å². The van der Waals surface area contributed by atoms with Crippen molar-refractivity contribution in [1.29, 1.82) is 0 Å². The summed E-state index contributed by atoms with van der Waals surface area (Å²) in [6.45, 7) is 4.11. The van der Waals surface area contributed by atoms with E-state index in [1.54, 1.807) is 6.07 Å². The van der Waals surface area contributed by atoms with E-state index in [9.17, 15) is 9.18 Å². The number of carboxylic acids is 1. The molecule has 0 unspecified atom stereocenters. The van der Waals surface area contributed by atoms with Crippen LogP contribution in [0.3, 0.4) is 0 Å². The van der Waals surface area contributed by atoms with Gasteiger partial charge in [0.1, 0.15) is 5.82 Å². The Morgan fingerprint density at radius 1 is 1.48 bits per heavy atom. The van der Waals surface area contributed by atoms with Crippen molar-refractivity contribution >= 4 is 44.7 Å². The third-order valence-corrected chi connectivity index (χ3v) is 4.88. The summed E-state index contributed by atoms with van der Waals surface area (Å²) in [7, 11) is 0. The number of hydrogen-bond acceptors (Lipinski definition) is 3. The van der Waals surface area contributed by atoms with E-state index < -0.39 is 5.97 Å². The number of fused-ring (bicyclic) bond motifs is 1. The monoisotopic (exact) mass is 374 g/mol. The van der Waals surface area contributed by atoms with E-state index in [0.29, 0.717) is 20.7 Å². The average molecular weight is 375 g/mol. The smallest absolute Gasteiger partial charge is 0.313 e. The summed E-state index contributed by atoms with van der Waals surface area (Å²) in [5, 5.41) is 9.48. The Labute approximate surface area is 134 Å². The molecule has 0 amide bonds. The molecule has 0 saturated carbocycles. The van der Waals surface area contributed by atoms with E-state index in [1.807, 2.05) is 4.57 Å². The first-order valence-electron chi connectivity index (χ1n) is 6.69. The van der Waals surface area contributed by atoms with Crippen LogP contribution >= 0.6 is 27.7 Å². The third-order valence-electron chi connectivity index (χ3n) is 3.33. The molecule has 4 nitrogen and oxygen atoms in total. The Hall–Kier alpha value is -1.08. The highest BCUT2D eigenvalue weighted by Gasteiger charge is 2.19. The van der Waals surface area contributed by atoms with Crippen LogP contribution in [0, 0.1) is 5.82 Å². The van der Waals surface area contributed by atoms with Crippen molar-refractivity contribution in [3.05, 3.63) is 22.4 Å². The fourth-order valence-electron chi connectivity index (χ4n) is 2.30. The maximum atomic E-state index is 13.8. The van der Waals surface area contributed by atoms with E-state index in [-0.39, 0.29) is 17.6 Å². The fraction of sp³-hybridized carbons (Fsp3) is 0.429. The van der Waals surface area contributed by atoms with Gasteiger partial charge in [0.2, 0.25) is 0 Å². The molecule has 1 N–H and O–H groups in total. The van der Waals surface area contributed by atoms with Gasteiger partial charge in [0.05, 0.1) is 21.3 Å². The molecule has 0 aliphatic rings. The number of thioether (sulfide) groups is 1. The van der Waals surface area contributed by atoms with Crippen LogP contribution in [-0.4, -0.2) is 26.4 Å². The number of hydrogen-bond donors (Lipinski definition) is 1. The van der Waals surface area contributed by atoms with Crippen LogP contribution in [-0.2, 0) is 4.79 Å². The van der Waals surface area contributed by atoms with Crippen LogP contribution in [0.4, 0.5) is 4.39 Å². The summed E-state index contributed by atoms with van der Waals surface area (Å²) in [5.41, 5.74) is 1.38. The van der Waals surface area contributed by atoms with Crippen LogP contribution in [0.5, 0.6) is 0 Å². The second kappa shape index (κ2) is 6.79. The van der Waals surface area contributed by atoms with E-state index >= 15 is 0 Å². The zero-order valence-electron chi connectivity index (χ0n) is 11.8. The van der Waals surface area contributed by atoms with Crippen LogP contribution in [0.1, 0.15) is 32.7 Å². The normalized spacial score (nSPS) is 11.5. The molecule has 0 saturated heterocycles. The molecule has 7 heteroatoms. The molecule has 0 atom stereocenters. The first kappa shape index (κ1) is 16.3. The molecule has 2 aromatic rings. The van der Waals surface area contributed by atoms with E-state index in [0.717, 1.165) is 12.8 Å². The molecule has 0 aliphatic carbocycles. The number of benzene rings is 1. The van der Waals surface area contributed by atoms with Gasteiger partial charge in [-0.3, -0.25) is 4.79 Å². The molecule has 21 heavy (non-hydrogen) atoms. The Bertz CT molecular complexity index is 671. The lowest BCUT2D eigenvalue weighted by Crippen LogP contribution is -2.09. The molecular formula is C14H16BrFN2O2S. The van der Waals surface area contributed by atoms with Crippen molar-refractivity contribution in [2.75, 3.05) is 5.75 Å². The molecule has 1 heterocycles. The van der Waals surface area contributed by atoms with Crippen LogP contribution in [0.15, 0.2) is 21.8 Å². The van der Waals surface area contributed by atoms with Gasteiger partial charge in [0.25, 0.3) is 0 Å². The van der Waals surface area contributed by atoms with Crippen molar-refractivity contribution < 1.29 is 14.3 Å². The number of aromatic nitrogens is 2. The summed E-state index contributed by atoms with van der Waals surface area (Å²) >= 11 is 4.32. The molecule has 0 spiro atoms. The minimum Gasteiger partial charge on any atom is -0.481 e. The quantitative estimate of drug-likeness (QED) is 0.757. The summed E-state index contributed by atoms with van der Waals surface area (Å²) < 4.78 is 16.2. The van der Waals surface area contributed by atoms with Crippen LogP contribution in [0.2, 0.25) is 0 Å². The van der Waals surface area contributed by atoms with Crippen molar-refractivity contribution in [3.63, 3.8) is 0 Å². The maximum Gasteiger partial charge on any atom is 0.313 e. The molecule has 1 aromatic heterocycles. The van der Waals surface area contributed by atoms with E-state index in [4.69, 9.17) is 5.11 Å². The number of carbonyl (C=O) groups is 1. The van der Waals surface area contributed by atoms with Gasteiger partial charge >= 0.3 is 5.97 Å². The van der Waals surface area contributed by atoms with Gasteiger partial charge in [-0.2, -0.15) is 0 Å². The highest BCUT2D eigenvalue weighted by molar-refractivity contribution is 9.10. The molecule has 2 rings (SSSR count). The average Bonchev–Trinajstić information content (AvgIpc) is 2.77.